The van der Waals surface area contributed by atoms with Crippen LogP contribution in [0.2, 0.25) is 0 Å². The second kappa shape index (κ2) is 5.91. The Bertz CT molecular complexity index is 613. The Kier molecular flexibility index (Phi) is 4.00. The third-order valence-corrected chi connectivity index (χ3v) is 4.72. The molecule has 0 saturated carbocycles. The SMILES string of the molecule is O=C(O)c1sc2ccccc2c1COCC1CCOC1. The van der Waals surface area contributed by atoms with Crippen LogP contribution in [0.25, 0.3) is 10.1 Å². The summed E-state index contributed by atoms with van der Waals surface area (Å²) >= 11 is 1.31. The fourth-order valence-corrected chi connectivity index (χ4v) is 3.50. The Labute approximate surface area is 120 Å². The number of thiophene rings is 1. The van der Waals surface area contributed by atoms with Gasteiger partial charge in [-0.1, -0.05) is 18.2 Å². The van der Waals surface area contributed by atoms with Crippen LogP contribution < -0.4 is 0 Å². The van der Waals surface area contributed by atoms with Crippen LogP contribution in [-0.4, -0.2) is 30.9 Å². The van der Waals surface area contributed by atoms with Crippen molar-refractivity contribution in [2.75, 3.05) is 19.8 Å². The molecule has 1 unspecified atom stereocenters. The van der Waals surface area contributed by atoms with Crippen LogP contribution >= 0.6 is 11.3 Å². The predicted octanol–water partition coefficient (Wildman–Crippen LogP) is 3.15. The van der Waals surface area contributed by atoms with Gasteiger partial charge in [0.2, 0.25) is 0 Å². The van der Waals surface area contributed by atoms with Crippen molar-refractivity contribution < 1.29 is 19.4 Å². The first-order valence-corrected chi connectivity index (χ1v) is 7.46. The van der Waals surface area contributed by atoms with Crippen molar-refractivity contribution in [3.63, 3.8) is 0 Å². The first kappa shape index (κ1) is 13.5. The number of carbonyl (C=O) groups is 1. The van der Waals surface area contributed by atoms with Crippen molar-refractivity contribution in [1.29, 1.82) is 0 Å². The van der Waals surface area contributed by atoms with Crippen molar-refractivity contribution >= 4 is 27.4 Å². The molecule has 2 aromatic rings. The van der Waals surface area contributed by atoms with Gasteiger partial charge in [0.1, 0.15) is 4.88 Å². The quantitative estimate of drug-likeness (QED) is 0.919. The molecule has 5 heteroatoms. The van der Waals surface area contributed by atoms with Crippen LogP contribution in [0.5, 0.6) is 0 Å². The maximum Gasteiger partial charge on any atom is 0.346 e. The summed E-state index contributed by atoms with van der Waals surface area (Å²) in [7, 11) is 0. The third-order valence-electron chi connectivity index (χ3n) is 3.52. The molecule has 1 atom stereocenters. The third kappa shape index (κ3) is 2.70. The fourth-order valence-electron chi connectivity index (χ4n) is 2.46. The van der Waals surface area contributed by atoms with Gasteiger partial charge in [-0.3, -0.25) is 0 Å². The second-order valence-corrected chi connectivity index (χ2v) is 6.01. The fraction of sp³-hybridized carbons (Fsp3) is 0.400. The van der Waals surface area contributed by atoms with Gasteiger partial charge >= 0.3 is 5.97 Å². The Balaban J connectivity index is 1.78. The summed E-state index contributed by atoms with van der Waals surface area (Å²) in [6.45, 7) is 2.53. The molecule has 4 nitrogen and oxygen atoms in total. The van der Waals surface area contributed by atoms with Gasteiger partial charge < -0.3 is 14.6 Å². The minimum absolute atomic E-state index is 0.349. The van der Waals surface area contributed by atoms with Gasteiger partial charge in [0.05, 0.1) is 19.8 Å². The molecule has 0 radical (unpaired) electrons. The number of carboxylic acids is 1. The number of ether oxygens (including phenoxy) is 2. The molecular weight excluding hydrogens is 276 g/mol. The van der Waals surface area contributed by atoms with E-state index in [0.29, 0.717) is 24.0 Å². The lowest BCUT2D eigenvalue weighted by Gasteiger charge is -2.09. The van der Waals surface area contributed by atoms with Gasteiger partial charge in [-0.05, 0) is 17.9 Å². The summed E-state index contributed by atoms with van der Waals surface area (Å²) in [6.07, 6.45) is 1.02. The van der Waals surface area contributed by atoms with Crippen molar-refractivity contribution in [2.24, 2.45) is 5.92 Å². The molecule has 0 aliphatic carbocycles. The molecule has 1 aromatic carbocycles. The first-order chi connectivity index (χ1) is 9.75. The van der Waals surface area contributed by atoms with Crippen LogP contribution in [-0.2, 0) is 16.1 Å². The van der Waals surface area contributed by atoms with Crippen molar-refractivity contribution in [3.05, 3.63) is 34.7 Å². The molecule has 0 amide bonds. The normalized spacial score (nSPS) is 18.7. The van der Waals surface area contributed by atoms with E-state index in [2.05, 4.69) is 0 Å². The summed E-state index contributed by atoms with van der Waals surface area (Å²) in [6, 6.07) is 7.75. The van der Waals surface area contributed by atoms with Crippen LogP contribution in [0, 0.1) is 5.92 Å². The van der Waals surface area contributed by atoms with Crippen molar-refractivity contribution in [3.8, 4) is 0 Å². The lowest BCUT2D eigenvalue weighted by molar-refractivity contribution is 0.0675. The highest BCUT2D eigenvalue weighted by molar-refractivity contribution is 7.21. The molecule has 2 heterocycles. The summed E-state index contributed by atoms with van der Waals surface area (Å²) in [4.78, 5) is 11.7. The zero-order valence-electron chi connectivity index (χ0n) is 11.0. The standard InChI is InChI=1S/C15H16O4S/c16-15(17)14-12(9-19-8-10-5-6-18-7-10)11-3-1-2-4-13(11)20-14/h1-4,10H,5-9H2,(H,16,17). The molecule has 0 bridgehead atoms. The van der Waals surface area contributed by atoms with Gasteiger partial charge in [-0.2, -0.15) is 0 Å². The minimum Gasteiger partial charge on any atom is -0.477 e. The van der Waals surface area contributed by atoms with E-state index in [4.69, 9.17) is 9.47 Å². The Morgan fingerprint density at radius 3 is 3.05 bits per heavy atom. The summed E-state index contributed by atoms with van der Waals surface area (Å²) in [5, 5.41) is 10.3. The lowest BCUT2D eigenvalue weighted by atomic mass is 10.1. The van der Waals surface area contributed by atoms with Gasteiger partial charge in [0.25, 0.3) is 0 Å². The molecule has 1 aliphatic heterocycles. The topological polar surface area (TPSA) is 55.8 Å². The highest BCUT2D eigenvalue weighted by Crippen LogP contribution is 2.32. The smallest absolute Gasteiger partial charge is 0.346 e. The summed E-state index contributed by atoms with van der Waals surface area (Å²) in [5.74, 6) is -0.442. The molecule has 1 aromatic heterocycles. The molecular formula is C15H16O4S. The Morgan fingerprint density at radius 2 is 2.30 bits per heavy atom. The molecule has 0 spiro atoms. The maximum absolute atomic E-state index is 11.3. The Hall–Kier alpha value is -1.43. The average Bonchev–Trinajstić information content (AvgIpc) is 3.07. The van der Waals surface area contributed by atoms with E-state index >= 15 is 0 Å². The van der Waals surface area contributed by atoms with Crippen LogP contribution in [0.1, 0.15) is 21.7 Å². The van der Waals surface area contributed by atoms with E-state index in [0.717, 1.165) is 35.3 Å². The number of hydrogen-bond donors (Lipinski definition) is 1. The number of benzene rings is 1. The Morgan fingerprint density at radius 1 is 1.45 bits per heavy atom. The molecule has 20 heavy (non-hydrogen) atoms. The molecule has 106 valence electrons. The zero-order valence-corrected chi connectivity index (χ0v) is 11.8. The van der Waals surface area contributed by atoms with E-state index in [-0.39, 0.29) is 0 Å². The second-order valence-electron chi connectivity index (χ2n) is 4.96. The highest BCUT2D eigenvalue weighted by Gasteiger charge is 2.19. The van der Waals surface area contributed by atoms with Gasteiger partial charge in [0.15, 0.2) is 0 Å². The number of fused-ring (bicyclic) bond motifs is 1. The minimum atomic E-state index is -0.881. The molecule has 1 aliphatic rings. The van der Waals surface area contributed by atoms with Gasteiger partial charge in [-0.25, -0.2) is 4.79 Å². The largest absolute Gasteiger partial charge is 0.477 e. The summed E-state index contributed by atoms with van der Waals surface area (Å²) < 4.78 is 12.0. The number of rotatable bonds is 5. The average molecular weight is 292 g/mol. The number of hydrogen-bond acceptors (Lipinski definition) is 4. The van der Waals surface area contributed by atoms with Crippen molar-refractivity contribution in [2.45, 2.75) is 13.0 Å². The highest BCUT2D eigenvalue weighted by atomic mass is 32.1. The monoisotopic (exact) mass is 292 g/mol. The summed E-state index contributed by atoms with van der Waals surface area (Å²) in [5.41, 5.74) is 0.789. The van der Waals surface area contributed by atoms with Crippen molar-refractivity contribution in [1.82, 2.24) is 0 Å². The van der Waals surface area contributed by atoms with Gasteiger partial charge in [0, 0.05) is 22.8 Å². The van der Waals surface area contributed by atoms with Crippen LogP contribution in [0.4, 0.5) is 0 Å². The molecule has 3 rings (SSSR count). The number of aromatic carboxylic acids is 1. The van der Waals surface area contributed by atoms with Crippen LogP contribution in [0.3, 0.4) is 0 Å². The van der Waals surface area contributed by atoms with E-state index in [1.165, 1.54) is 11.3 Å². The zero-order chi connectivity index (χ0) is 13.9. The molecule has 1 N–H and O–H groups in total. The first-order valence-electron chi connectivity index (χ1n) is 6.65. The van der Waals surface area contributed by atoms with E-state index in [9.17, 15) is 9.90 Å². The van der Waals surface area contributed by atoms with E-state index in [1.54, 1.807) is 0 Å². The number of carboxylic acid groups (broad SMARTS) is 1. The molecule has 1 fully saturated rings. The van der Waals surface area contributed by atoms with Gasteiger partial charge in [-0.15, -0.1) is 11.3 Å². The lowest BCUT2D eigenvalue weighted by Crippen LogP contribution is -2.10. The molecule has 1 saturated heterocycles. The van der Waals surface area contributed by atoms with Crippen LogP contribution in [0.15, 0.2) is 24.3 Å². The van der Waals surface area contributed by atoms with E-state index < -0.39 is 5.97 Å². The maximum atomic E-state index is 11.3. The van der Waals surface area contributed by atoms with E-state index in [1.807, 2.05) is 24.3 Å². The predicted molar refractivity (Wildman–Crippen MR) is 77.4 cm³/mol.